The molecule has 154 valence electrons. The number of hydrogen-bond acceptors (Lipinski definition) is 6. The minimum absolute atomic E-state index is 0.0193. The van der Waals surface area contributed by atoms with Gasteiger partial charge in [0.15, 0.2) is 11.5 Å². The van der Waals surface area contributed by atoms with Crippen molar-refractivity contribution in [2.24, 2.45) is 7.05 Å². The van der Waals surface area contributed by atoms with Crippen molar-refractivity contribution < 1.29 is 24.1 Å². The van der Waals surface area contributed by atoms with E-state index in [4.69, 9.17) is 14.2 Å². The quantitative estimate of drug-likeness (QED) is 0.823. The number of aromatic nitrogens is 2. The molecule has 1 spiro atoms. The molecule has 1 atom stereocenters. The summed E-state index contributed by atoms with van der Waals surface area (Å²) < 4.78 is 19.1. The van der Waals surface area contributed by atoms with Gasteiger partial charge in [-0.1, -0.05) is 0 Å². The number of nitrogens with zero attached hydrogens (tertiary/aromatic N) is 3. The lowest BCUT2D eigenvalue weighted by Crippen LogP contribution is -2.47. The molecule has 1 aromatic carbocycles. The fourth-order valence-corrected chi connectivity index (χ4v) is 4.66. The maximum absolute atomic E-state index is 13.0. The minimum atomic E-state index is -1.08. The second-order valence-corrected chi connectivity index (χ2v) is 8.19. The molecule has 0 radical (unpaired) electrons. The van der Waals surface area contributed by atoms with Crippen LogP contribution in [-0.4, -0.2) is 64.0 Å². The molecular formula is C21H25N3O5. The third-order valence-corrected chi connectivity index (χ3v) is 6.22. The van der Waals surface area contributed by atoms with E-state index in [0.717, 1.165) is 0 Å². The average Bonchev–Trinajstić information content (AvgIpc) is 3.32. The molecule has 0 bridgehead atoms. The van der Waals surface area contributed by atoms with Crippen molar-refractivity contribution in [1.82, 2.24) is 14.5 Å². The van der Waals surface area contributed by atoms with Gasteiger partial charge in [0.1, 0.15) is 24.6 Å². The molecule has 2 saturated heterocycles. The topological polar surface area (TPSA) is 86.1 Å². The zero-order valence-corrected chi connectivity index (χ0v) is 16.5. The first-order valence-electron chi connectivity index (χ1n) is 10.0. The molecule has 2 fully saturated rings. The number of rotatable bonds is 2. The van der Waals surface area contributed by atoms with Crippen molar-refractivity contribution in [3.8, 4) is 11.5 Å². The van der Waals surface area contributed by atoms with E-state index in [-0.39, 0.29) is 12.5 Å². The minimum Gasteiger partial charge on any atom is -0.486 e. The molecule has 1 N–H and O–H groups in total. The van der Waals surface area contributed by atoms with Crippen molar-refractivity contribution in [3.63, 3.8) is 0 Å². The molecular weight excluding hydrogens is 374 g/mol. The summed E-state index contributed by atoms with van der Waals surface area (Å²) in [7, 11) is 1.87. The highest BCUT2D eigenvalue weighted by Crippen LogP contribution is 2.45. The van der Waals surface area contributed by atoms with E-state index in [1.54, 1.807) is 24.4 Å². The summed E-state index contributed by atoms with van der Waals surface area (Å²) in [6.07, 6.45) is 5.39. The third kappa shape index (κ3) is 3.16. The highest BCUT2D eigenvalue weighted by Gasteiger charge is 2.52. The summed E-state index contributed by atoms with van der Waals surface area (Å²) in [5.74, 6) is 1.91. The maximum Gasteiger partial charge on any atom is 0.253 e. The van der Waals surface area contributed by atoms with E-state index in [2.05, 4.69) is 4.98 Å². The first-order valence-corrected chi connectivity index (χ1v) is 10.0. The molecule has 0 saturated carbocycles. The summed E-state index contributed by atoms with van der Waals surface area (Å²) in [5.41, 5.74) is -0.896. The van der Waals surface area contributed by atoms with Crippen LogP contribution >= 0.6 is 0 Å². The van der Waals surface area contributed by atoms with Crippen molar-refractivity contribution in [2.45, 2.75) is 30.5 Å². The van der Waals surface area contributed by atoms with Crippen molar-refractivity contribution in [2.75, 3.05) is 32.9 Å². The highest BCUT2D eigenvalue weighted by molar-refractivity contribution is 5.95. The van der Waals surface area contributed by atoms with Crippen LogP contribution in [0.4, 0.5) is 0 Å². The lowest BCUT2D eigenvalue weighted by Gasteiger charge is -2.39. The predicted octanol–water partition coefficient (Wildman–Crippen LogP) is 1.47. The molecule has 1 amide bonds. The molecule has 29 heavy (non-hydrogen) atoms. The Labute approximate surface area is 169 Å². The number of piperidine rings is 1. The van der Waals surface area contributed by atoms with Gasteiger partial charge in [-0.3, -0.25) is 4.79 Å². The second-order valence-electron chi connectivity index (χ2n) is 8.19. The zero-order chi connectivity index (χ0) is 20.1. The number of carbonyl (C=O) groups is 1. The number of likely N-dealkylation sites (tertiary alicyclic amines) is 1. The van der Waals surface area contributed by atoms with E-state index >= 15 is 0 Å². The van der Waals surface area contributed by atoms with Gasteiger partial charge >= 0.3 is 0 Å². The molecule has 8 heteroatoms. The van der Waals surface area contributed by atoms with Crippen LogP contribution in [0.1, 0.15) is 35.4 Å². The monoisotopic (exact) mass is 399 g/mol. The summed E-state index contributed by atoms with van der Waals surface area (Å²) in [6.45, 7) is 2.42. The largest absolute Gasteiger partial charge is 0.486 e. The maximum atomic E-state index is 13.0. The number of ether oxygens (including phenoxy) is 3. The number of aryl methyl sites for hydroxylation is 1. The Morgan fingerprint density at radius 1 is 1.17 bits per heavy atom. The highest BCUT2D eigenvalue weighted by atomic mass is 16.6. The molecule has 8 nitrogen and oxygen atoms in total. The van der Waals surface area contributed by atoms with E-state index in [0.29, 0.717) is 68.5 Å². The molecule has 1 aromatic heterocycles. The lowest BCUT2D eigenvalue weighted by molar-refractivity contribution is -0.0438. The second kappa shape index (κ2) is 6.74. The number of amides is 1. The number of benzene rings is 1. The number of hydrogen-bond donors (Lipinski definition) is 1. The molecule has 5 rings (SSSR count). The first-order chi connectivity index (χ1) is 14.0. The Morgan fingerprint density at radius 3 is 2.66 bits per heavy atom. The van der Waals surface area contributed by atoms with Crippen LogP contribution in [0.3, 0.4) is 0 Å². The SMILES string of the molecule is Cn1ccnc1C1(O)COC2(CCN(C(=O)c3ccc4c(c3)OCCO4)CC2)C1. The Morgan fingerprint density at radius 2 is 1.93 bits per heavy atom. The van der Waals surface area contributed by atoms with Crippen LogP contribution in [0.2, 0.25) is 0 Å². The van der Waals surface area contributed by atoms with E-state index in [1.807, 2.05) is 22.7 Å². The Bertz CT molecular complexity index is 934. The van der Waals surface area contributed by atoms with Gasteiger partial charge in [0, 0.05) is 44.5 Å². The molecule has 3 aliphatic rings. The van der Waals surface area contributed by atoms with Crippen LogP contribution in [0.5, 0.6) is 11.5 Å². The zero-order valence-electron chi connectivity index (χ0n) is 16.5. The molecule has 0 aliphatic carbocycles. The van der Waals surface area contributed by atoms with Gasteiger partial charge in [0.05, 0.1) is 12.2 Å². The fourth-order valence-electron chi connectivity index (χ4n) is 4.66. The van der Waals surface area contributed by atoms with E-state index < -0.39 is 11.2 Å². The normalized spacial score (nSPS) is 25.4. The van der Waals surface area contributed by atoms with E-state index in [1.165, 1.54) is 0 Å². The van der Waals surface area contributed by atoms with Crippen LogP contribution in [0.25, 0.3) is 0 Å². The van der Waals surface area contributed by atoms with Crippen LogP contribution in [-0.2, 0) is 17.4 Å². The Balaban J connectivity index is 1.26. The Hall–Kier alpha value is -2.58. The summed E-state index contributed by atoms with van der Waals surface area (Å²) >= 11 is 0. The van der Waals surface area contributed by atoms with Crippen LogP contribution < -0.4 is 9.47 Å². The number of aliphatic hydroxyl groups is 1. The fraction of sp³-hybridized carbons (Fsp3) is 0.524. The number of carbonyl (C=O) groups excluding carboxylic acids is 1. The van der Waals surface area contributed by atoms with Crippen molar-refractivity contribution in [3.05, 3.63) is 42.0 Å². The van der Waals surface area contributed by atoms with Gasteiger partial charge < -0.3 is 28.8 Å². The standard InChI is InChI=1S/C21H25N3O5/c1-23-9-6-22-19(23)21(26)13-20(29-14-21)4-7-24(8-5-20)18(25)15-2-3-16-17(12-15)28-11-10-27-16/h2-3,6,9,12,26H,4-5,7-8,10-11,13-14H2,1H3. The first kappa shape index (κ1) is 18.4. The average molecular weight is 399 g/mol. The van der Waals surface area contributed by atoms with Crippen LogP contribution in [0.15, 0.2) is 30.6 Å². The Kier molecular flexibility index (Phi) is 4.29. The summed E-state index contributed by atoms with van der Waals surface area (Å²) in [5, 5.41) is 11.1. The van der Waals surface area contributed by atoms with Crippen molar-refractivity contribution >= 4 is 5.91 Å². The van der Waals surface area contributed by atoms with Gasteiger partial charge in [-0.25, -0.2) is 4.98 Å². The van der Waals surface area contributed by atoms with Gasteiger partial charge in [-0.15, -0.1) is 0 Å². The van der Waals surface area contributed by atoms with Gasteiger partial charge in [0.25, 0.3) is 5.91 Å². The number of fused-ring (bicyclic) bond motifs is 1. The van der Waals surface area contributed by atoms with Crippen LogP contribution in [0, 0.1) is 0 Å². The van der Waals surface area contributed by atoms with Crippen molar-refractivity contribution in [1.29, 1.82) is 0 Å². The molecule has 3 aliphatic heterocycles. The molecule has 2 aromatic rings. The number of imidazole rings is 1. The lowest BCUT2D eigenvalue weighted by atomic mass is 9.83. The third-order valence-electron chi connectivity index (χ3n) is 6.22. The van der Waals surface area contributed by atoms with Gasteiger partial charge in [-0.2, -0.15) is 0 Å². The summed E-state index contributed by atoms with van der Waals surface area (Å²) in [6, 6.07) is 5.33. The van der Waals surface area contributed by atoms with E-state index in [9.17, 15) is 9.90 Å². The molecule has 4 heterocycles. The van der Waals surface area contributed by atoms with Gasteiger partial charge in [-0.05, 0) is 31.0 Å². The molecule has 1 unspecified atom stereocenters. The smallest absolute Gasteiger partial charge is 0.253 e. The van der Waals surface area contributed by atoms with Gasteiger partial charge in [0.2, 0.25) is 0 Å². The summed E-state index contributed by atoms with van der Waals surface area (Å²) in [4.78, 5) is 19.1. The predicted molar refractivity (Wildman–Crippen MR) is 103 cm³/mol.